The van der Waals surface area contributed by atoms with Crippen LogP contribution in [0.2, 0.25) is 0 Å². The van der Waals surface area contributed by atoms with Gasteiger partial charge in [0.05, 0.1) is 5.52 Å². The Morgan fingerprint density at radius 2 is 1.80 bits per heavy atom. The van der Waals surface area contributed by atoms with Gasteiger partial charge in [-0.1, -0.05) is 12.1 Å². The summed E-state index contributed by atoms with van der Waals surface area (Å²) in [7, 11) is 2.15. The third-order valence-electron chi connectivity index (χ3n) is 11.1. The molecule has 0 radical (unpaired) electrons. The van der Waals surface area contributed by atoms with Crippen molar-refractivity contribution in [2.75, 3.05) is 45.2 Å². The van der Waals surface area contributed by atoms with E-state index in [0.717, 1.165) is 61.9 Å². The number of benzene rings is 2. The minimum Gasteiger partial charge on any atom is -0.492 e. The number of ether oxygens (including phenoxy) is 1. The number of hydrogen-bond acceptors (Lipinski definition) is 8. The molecule has 0 bridgehead atoms. The molecular weight excluding hydrogens is 646 g/mol. The minimum absolute atomic E-state index is 0.128. The maximum Gasteiger partial charge on any atom is 0.256 e. The fourth-order valence-electron chi connectivity index (χ4n) is 8.24. The third-order valence-corrected chi connectivity index (χ3v) is 11.1. The van der Waals surface area contributed by atoms with E-state index in [4.69, 9.17) is 4.74 Å². The number of nitrogens with zero attached hydrogens (tertiary/aromatic N) is 4. The molecule has 1 unspecified atom stereocenters. The van der Waals surface area contributed by atoms with Crippen molar-refractivity contribution in [3.63, 3.8) is 0 Å². The number of pyridine rings is 1. The number of rotatable bonds is 9. The molecule has 0 aliphatic carbocycles. The van der Waals surface area contributed by atoms with Gasteiger partial charge in [-0.25, -0.2) is 4.98 Å². The van der Waals surface area contributed by atoms with Crippen LogP contribution >= 0.6 is 0 Å². The second kappa shape index (κ2) is 13.9. The number of carbonyl (C=O) groups is 4. The highest BCUT2D eigenvalue weighted by Gasteiger charge is 2.40. The van der Waals surface area contributed by atoms with Crippen LogP contribution in [0.5, 0.6) is 5.75 Å². The zero-order valence-corrected chi connectivity index (χ0v) is 28.8. The smallest absolute Gasteiger partial charge is 0.256 e. The van der Waals surface area contributed by atoms with E-state index in [9.17, 15) is 19.2 Å². The molecule has 4 aliphatic rings. The standard InChI is InChI=1S/C39H43N7O5/c1-44-15-3-6-33(44)32-20-26-22-40-35(21-31(26)41-32)42-37(48)25-7-9-27(10-8-25)51-19-18-45-16-13-24(14-17-45)28-4-2-5-29-30(28)23-46(39(29)50)34-11-12-36(47)43-38(34)49/h2,4-5,7-10,20-22,24,33-34,41H,3,6,11-19,23H2,1H3,(H,40,42,48)(H,43,47,49)/t33-,34?/m1/s1. The first kappa shape index (κ1) is 33.1. The summed E-state index contributed by atoms with van der Waals surface area (Å²) < 4.78 is 6.04. The topological polar surface area (TPSA) is 140 Å². The van der Waals surface area contributed by atoms with Crippen LogP contribution in [0, 0.1) is 0 Å². The van der Waals surface area contributed by atoms with E-state index in [-0.39, 0.29) is 30.0 Å². The number of likely N-dealkylation sites (tertiary alicyclic amines) is 2. The molecule has 51 heavy (non-hydrogen) atoms. The Kier molecular flexibility index (Phi) is 9.03. The molecular formula is C39H43N7O5. The summed E-state index contributed by atoms with van der Waals surface area (Å²) >= 11 is 0. The number of H-pyrrole nitrogens is 1. The summed E-state index contributed by atoms with van der Waals surface area (Å²) in [4.78, 5) is 64.8. The zero-order chi connectivity index (χ0) is 35.1. The molecule has 2 atom stereocenters. The lowest BCUT2D eigenvalue weighted by atomic mass is 9.85. The lowest BCUT2D eigenvalue weighted by Gasteiger charge is -2.33. The molecule has 6 heterocycles. The molecule has 3 saturated heterocycles. The highest BCUT2D eigenvalue weighted by Crippen LogP contribution is 2.37. The van der Waals surface area contributed by atoms with Crippen LogP contribution < -0.4 is 15.4 Å². The molecule has 4 aliphatic heterocycles. The first-order valence-electron chi connectivity index (χ1n) is 18.0. The predicted molar refractivity (Wildman–Crippen MR) is 191 cm³/mol. The fourth-order valence-corrected chi connectivity index (χ4v) is 8.24. The van der Waals surface area contributed by atoms with Gasteiger partial charge in [-0.05, 0) is 112 Å². The van der Waals surface area contributed by atoms with Gasteiger partial charge in [0.2, 0.25) is 11.8 Å². The molecule has 4 amide bonds. The number of amides is 4. The first-order valence-corrected chi connectivity index (χ1v) is 18.0. The minimum atomic E-state index is -0.605. The van der Waals surface area contributed by atoms with Crippen molar-refractivity contribution >= 4 is 40.3 Å². The summed E-state index contributed by atoms with van der Waals surface area (Å²) in [6, 6.07) is 16.9. The number of nitrogens with one attached hydrogen (secondary N) is 3. The van der Waals surface area contributed by atoms with Crippen LogP contribution in [0.3, 0.4) is 0 Å². The van der Waals surface area contributed by atoms with Crippen molar-refractivity contribution in [2.24, 2.45) is 0 Å². The number of fused-ring (bicyclic) bond motifs is 2. The number of carbonyl (C=O) groups excluding carboxylic acids is 4. The van der Waals surface area contributed by atoms with Crippen molar-refractivity contribution in [3.8, 4) is 5.75 Å². The van der Waals surface area contributed by atoms with Gasteiger partial charge >= 0.3 is 0 Å². The number of aromatic amines is 1. The monoisotopic (exact) mass is 689 g/mol. The summed E-state index contributed by atoms with van der Waals surface area (Å²) in [5.74, 6) is 0.531. The largest absolute Gasteiger partial charge is 0.492 e. The van der Waals surface area contributed by atoms with Gasteiger partial charge in [-0.3, -0.25) is 34.3 Å². The van der Waals surface area contributed by atoms with E-state index >= 15 is 0 Å². The van der Waals surface area contributed by atoms with Gasteiger partial charge in [0.15, 0.2) is 0 Å². The normalized spacial score (nSPS) is 21.7. The maximum atomic E-state index is 13.3. The zero-order valence-electron chi connectivity index (χ0n) is 28.8. The van der Waals surface area contributed by atoms with Gasteiger partial charge in [0.1, 0.15) is 24.2 Å². The molecule has 2 aromatic heterocycles. The average Bonchev–Trinajstić information content (AvgIpc) is 3.85. The Morgan fingerprint density at radius 3 is 2.57 bits per heavy atom. The van der Waals surface area contributed by atoms with E-state index in [1.807, 2.05) is 30.3 Å². The van der Waals surface area contributed by atoms with Gasteiger partial charge in [0.25, 0.3) is 11.8 Å². The number of anilines is 1. The van der Waals surface area contributed by atoms with Crippen LogP contribution in [0.25, 0.3) is 10.9 Å². The first-order chi connectivity index (χ1) is 24.8. The Morgan fingerprint density at radius 1 is 0.980 bits per heavy atom. The Hall–Kier alpha value is -5.07. The van der Waals surface area contributed by atoms with Gasteiger partial charge in [-0.15, -0.1) is 0 Å². The summed E-state index contributed by atoms with van der Waals surface area (Å²) in [5, 5.41) is 6.34. The highest BCUT2D eigenvalue weighted by atomic mass is 16.5. The van der Waals surface area contributed by atoms with E-state index in [2.05, 4.69) is 49.6 Å². The highest BCUT2D eigenvalue weighted by molar-refractivity contribution is 6.06. The van der Waals surface area contributed by atoms with Crippen molar-refractivity contribution in [1.82, 2.24) is 30.0 Å². The van der Waals surface area contributed by atoms with Gasteiger partial charge in [-0.2, -0.15) is 0 Å². The maximum absolute atomic E-state index is 13.3. The SMILES string of the molecule is CN1CCC[C@@H]1c1cc2cnc(NC(=O)c3ccc(OCCN4CCC(c5cccc6c5CN(C5CCC(=O)NC5=O)C6=O)CC4)cc3)cc2[nH]1. The number of aromatic nitrogens is 2. The number of hydrogen-bond donors (Lipinski definition) is 3. The van der Waals surface area contributed by atoms with E-state index in [1.165, 1.54) is 17.7 Å². The predicted octanol–water partition coefficient (Wildman–Crippen LogP) is 4.60. The molecule has 4 aromatic rings. The molecule has 12 heteroatoms. The van der Waals surface area contributed by atoms with Crippen LogP contribution in [0.4, 0.5) is 5.82 Å². The number of imide groups is 1. The lowest BCUT2D eigenvalue weighted by Crippen LogP contribution is -2.52. The Labute approximate surface area is 296 Å². The van der Waals surface area contributed by atoms with Crippen LogP contribution in [0.15, 0.2) is 60.8 Å². The van der Waals surface area contributed by atoms with Crippen molar-refractivity contribution in [1.29, 1.82) is 0 Å². The van der Waals surface area contributed by atoms with Crippen molar-refractivity contribution < 1.29 is 23.9 Å². The average molecular weight is 690 g/mol. The lowest BCUT2D eigenvalue weighted by molar-refractivity contribution is -0.136. The van der Waals surface area contributed by atoms with E-state index in [1.54, 1.807) is 23.2 Å². The van der Waals surface area contributed by atoms with E-state index < -0.39 is 6.04 Å². The van der Waals surface area contributed by atoms with E-state index in [0.29, 0.717) is 54.2 Å². The molecule has 3 N–H and O–H groups in total. The quantitative estimate of drug-likeness (QED) is 0.217. The second-order valence-corrected chi connectivity index (χ2v) is 14.2. The summed E-state index contributed by atoms with van der Waals surface area (Å²) in [5.41, 5.74) is 5.56. The van der Waals surface area contributed by atoms with Crippen LogP contribution in [0.1, 0.15) is 88.0 Å². The van der Waals surface area contributed by atoms with Gasteiger partial charge in [0, 0.05) is 60.0 Å². The van der Waals surface area contributed by atoms with Crippen molar-refractivity contribution in [2.45, 2.75) is 63.1 Å². The van der Waals surface area contributed by atoms with Gasteiger partial charge < -0.3 is 19.9 Å². The second-order valence-electron chi connectivity index (χ2n) is 14.2. The molecule has 0 saturated carbocycles. The summed E-state index contributed by atoms with van der Waals surface area (Å²) in [6.07, 6.45) is 6.68. The fraction of sp³-hybridized carbons (Fsp3) is 0.410. The molecule has 2 aromatic carbocycles. The molecule has 12 nitrogen and oxygen atoms in total. The van der Waals surface area contributed by atoms with Crippen LogP contribution in [-0.4, -0.2) is 94.2 Å². The molecule has 0 spiro atoms. The molecule has 264 valence electrons. The Bertz CT molecular complexity index is 1980. The Balaban J connectivity index is 0.803. The van der Waals surface area contributed by atoms with Crippen LogP contribution in [-0.2, 0) is 16.1 Å². The third kappa shape index (κ3) is 6.73. The summed E-state index contributed by atoms with van der Waals surface area (Å²) in [6.45, 7) is 4.67. The van der Waals surface area contributed by atoms with Crippen molar-refractivity contribution in [3.05, 3.63) is 88.7 Å². The molecule has 8 rings (SSSR count). The molecule has 3 fully saturated rings. The number of piperidine rings is 2.